The summed E-state index contributed by atoms with van der Waals surface area (Å²) in [7, 11) is 3.15. The normalized spacial score (nSPS) is 10.1. The van der Waals surface area contributed by atoms with Crippen LogP contribution >= 0.6 is 0 Å². The molecule has 0 aliphatic heterocycles. The van der Waals surface area contributed by atoms with Crippen LogP contribution in [0.5, 0.6) is 11.5 Å². The second-order valence-corrected chi connectivity index (χ2v) is 2.92. The van der Waals surface area contributed by atoms with Crippen molar-refractivity contribution in [3.05, 3.63) is 23.8 Å². The van der Waals surface area contributed by atoms with Crippen molar-refractivity contribution in [3.63, 3.8) is 0 Å². The maximum Gasteiger partial charge on any atom is 0.211 e. The number of benzene rings is 1. The maximum absolute atomic E-state index is 5.13. The molecule has 6 nitrogen and oxygen atoms in total. The Morgan fingerprint density at radius 1 is 1.12 bits per heavy atom. The standard InChI is InChI=1S/C10H14N4O2/c1-15-8-3-7(4-9(5-8)16-2)6-13-14-10(11)12/h3-6H,1-2H3,(H4,11,12,14)/b13-6+. The second-order valence-electron chi connectivity index (χ2n) is 2.92. The maximum atomic E-state index is 5.13. The van der Waals surface area contributed by atoms with Gasteiger partial charge in [-0.2, -0.15) is 5.10 Å². The number of hydrogen-bond acceptors (Lipinski definition) is 4. The first kappa shape index (κ1) is 11.8. The number of methoxy groups -OCH3 is 2. The van der Waals surface area contributed by atoms with Gasteiger partial charge in [0.25, 0.3) is 0 Å². The summed E-state index contributed by atoms with van der Waals surface area (Å²) in [5.74, 6) is 1.25. The van der Waals surface area contributed by atoms with E-state index in [0.717, 1.165) is 5.56 Å². The largest absolute Gasteiger partial charge is 0.497 e. The first-order chi connectivity index (χ1) is 7.65. The van der Waals surface area contributed by atoms with E-state index in [2.05, 4.69) is 10.2 Å². The van der Waals surface area contributed by atoms with Crippen LogP contribution in [0.1, 0.15) is 5.56 Å². The van der Waals surface area contributed by atoms with Gasteiger partial charge in [-0.15, -0.1) is 5.10 Å². The molecule has 0 heterocycles. The van der Waals surface area contributed by atoms with E-state index in [1.54, 1.807) is 32.4 Å². The fourth-order valence-corrected chi connectivity index (χ4v) is 1.07. The fourth-order valence-electron chi connectivity index (χ4n) is 1.07. The highest BCUT2D eigenvalue weighted by molar-refractivity contribution is 5.82. The summed E-state index contributed by atoms with van der Waals surface area (Å²) in [6, 6.07) is 5.33. The fraction of sp³-hybridized carbons (Fsp3) is 0.200. The quantitative estimate of drug-likeness (QED) is 0.435. The third-order valence-electron chi connectivity index (χ3n) is 1.75. The highest BCUT2D eigenvalue weighted by atomic mass is 16.5. The lowest BCUT2D eigenvalue weighted by atomic mass is 10.2. The molecule has 0 aromatic heterocycles. The smallest absolute Gasteiger partial charge is 0.211 e. The Labute approximate surface area is 93.6 Å². The molecule has 0 radical (unpaired) electrons. The van der Waals surface area contributed by atoms with Crippen LogP contribution in [0.25, 0.3) is 0 Å². The van der Waals surface area contributed by atoms with Crippen LogP contribution in [0.4, 0.5) is 0 Å². The molecule has 0 aliphatic carbocycles. The predicted octanol–water partition coefficient (Wildman–Crippen LogP) is 0.311. The highest BCUT2D eigenvalue weighted by Gasteiger charge is 1.99. The van der Waals surface area contributed by atoms with Gasteiger partial charge in [0.2, 0.25) is 5.96 Å². The number of ether oxygens (including phenoxy) is 2. The van der Waals surface area contributed by atoms with Gasteiger partial charge < -0.3 is 20.9 Å². The zero-order valence-electron chi connectivity index (χ0n) is 9.18. The van der Waals surface area contributed by atoms with Crippen LogP contribution in [0.3, 0.4) is 0 Å². The van der Waals surface area contributed by atoms with E-state index in [1.165, 1.54) is 6.21 Å². The van der Waals surface area contributed by atoms with E-state index in [-0.39, 0.29) is 5.96 Å². The second kappa shape index (κ2) is 5.59. The Morgan fingerprint density at radius 2 is 1.69 bits per heavy atom. The summed E-state index contributed by atoms with van der Waals surface area (Å²) >= 11 is 0. The summed E-state index contributed by atoms with van der Waals surface area (Å²) in [6.45, 7) is 0. The molecule has 6 heteroatoms. The van der Waals surface area contributed by atoms with Crippen LogP contribution in [0, 0.1) is 0 Å². The van der Waals surface area contributed by atoms with Crippen molar-refractivity contribution in [1.29, 1.82) is 0 Å². The van der Waals surface area contributed by atoms with Crippen LogP contribution in [-0.4, -0.2) is 26.4 Å². The van der Waals surface area contributed by atoms with Crippen molar-refractivity contribution in [2.24, 2.45) is 21.7 Å². The number of guanidine groups is 1. The molecule has 0 unspecified atom stereocenters. The molecule has 0 fully saturated rings. The van der Waals surface area contributed by atoms with Gasteiger partial charge in [-0.3, -0.25) is 0 Å². The monoisotopic (exact) mass is 222 g/mol. The molecular weight excluding hydrogens is 208 g/mol. The number of nitrogens with zero attached hydrogens (tertiary/aromatic N) is 2. The lowest BCUT2D eigenvalue weighted by Gasteiger charge is -2.04. The average molecular weight is 222 g/mol. The van der Waals surface area contributed by atoms with Crippen LogP contribution in [0.2, 0.25) is 0 Å². The summed E-state index contributed by atoms with van der Waals surface area (Å²) in [4.78, 5) is 0. The zero-order valence-corrected chi connectivity index (χ0v) is 9.18. The molecule has 0 aliphatic rings. The molecule has 86 valence electrons. The molecule has 16 heavy (non-hydrogen) atoms. The molecule has 0 bridgehead atoms. The van der Waals surface area contributed by atoms with Crippen molar-refractivity contribution in [2.45, 2.75) is 0 Å². The third kappa shape index (κ3) is 3.49. The first-order valence-electron chi connectivity index (χ1n) is 4.50. The van der Waals surface area contributed by atoms with Gasteiger partial charge in [-0.05, 0) is 12.1 Å². The molecule has 1 aromatic rings. The molecule has 0 amide bonds. The van der Waals surface area contributed by atoms with E-state index < -0.39 is 0 Å². The van der Waals surface area contributed by atoms with Crippen molar-refractivity contribution < 1.29 is 9.47 Å². The highest BCUT2D eigenvalue weighted by Crippen LogP contribution is 2.21. The van der Waals surface area contributed by atoms with Gasteiger partial charge in [0.05, 0.1) is 20.4 Å². The van der Waals surface area contributed by atoms with Gasteiger partial charge in [-0.25, -0.2) is 0 Å². The zero-order chi connectivity index (χ0) is 12.0. The molecule has 0 spiro atoms. The van der Waals surface area contributed by atoms with Gasteiger partial charge in [0, 0.05) is 11.6 Å². The minimum Gasteiger partial charge on any atom is -0.497 e. The lowest BCUT2D eigenvalue weighted by Crippen LogP contribution is -2.21. The molecule has 0 saturated heterocycles. The minimum absolute atomic E-state index is 0.0916. The Kier molecular flexibility index (Phi) is 4.14. The summed E-state index contributed by atoms with van der Waals surface area (Å²) in [5.41, 5.74) is 11.0. The van der Waals surface area contributed by atoms with Crippen molar-refractivity contribution in [3.8, 4) is 11.5 Å². The Hall–Kier alpha value is -2.24. The van der Waals surface area contributed by atoms with Crippen LogP contribution < -0.4 is 20.9 Å². The lowest BCUT2D eigenvalue weighted by molar-refractivity contribution is 0.394. The topological polar surface area (TPSA) is 95.2 Å². The SMILES string of the molecule is COc1cc(/C=N/N=C(N)N)cc(OC)c1. The van der Waals surface area contributed by atoms with Crippen LogP contribution in [0.15, 0.2) is 28.4 Å². The predicted molar refractivity (Wildman–Crippen MR) is 62.9 cm³/mol. The van der Waals surface area contributed by atoms with Gasteiger partial charge in [0.1, 0.15) is 11.5 Å². The average Bonchev–Trinajstić information content (AvgIpc) is 2.28. The minimum atomic E-state index is -0.0916. The van der Waals surface area contributed by atoms with Crippen molar-refractivity contribution in [1.82, 2.24) is 0 Å². The Bertz CT molecular complexity index is 389. The molecular formula is C10H14N4O2. The summed E-state index contributed by atoms with van der Waals surface area (Å²) < 4.78 is 10.2. The van der Waals surface area contributed by atoms with E-state index in [1.807, 2.05) is 0 Å². The molecule has 1 rings (SSSR count). The van der Waals surface area contributed by atoms with Gasteiger partial charge in [-0.1, -0.05) is 0 Å². The Balaban J connectivity index is 2.95. The molecule has 4 N–H and O–H groups in total. The van der Waals surface area contributed by atoms with E-state index in [4.69, 9.17) is 20.9 Å². The number of hydrogen-bond donors (Lipinski definition) is 2. The molecule has 0 saturated carbocycles. The number of nitrogens with two attached hydrogens (primary N) is 2. The molecule has 0 atom stereocenters. The summed E-state index contributed by atoms with van der Waals surface area (Å²) in [5, 5.41) is 7.18. The first-order valence-corrected chi connectivity index (χ1v) is 4.50. The summed E-state index contributed by atoms with van der Waals surface area (Å²) in [6.07, 6.45) is 1.50. The van der Waals surface area contributed by atoms with Gasteiger partial charge >= 0.3 is 0 Å². The molecule has 1 aromatic carbocycles. The van der Waals surface area contributed by atoms with E-state index in [0.29, 0.717) is 11.5 Å². The third-order valence-corrected chi connectivity index (χ3v) is 1.75. The van der Waals surface area contributed by atoms with E-state index >= 15 is 0 Å². The van der Waals surface area contributed by atoms with Crippen molar-refractivity contribution >= 4 is 12.2 Å². The van der Waals surface area contributed by atoms with Crippen LogP contribution in [-0.2, 0) is 0 Å². The van der Waals surface area contributed by atoms with Crippen molar-refractivity contribution in [2.75, 3.05) is 14.2 Å². The Morgan fingerprint density at radius 3 is 2.12 bits per heavy atom. The number of rotatable bonds is 4. The van der Waals surface area contributed by atoms with Gasteiger partial charge in [0.15, 0.2) is 0 Å². The van der Waals surface area contributed by atoms with E-state index in [9.17, 15) is 0 Å².